The molecular weight excluding hydrogens is 422 g/mol. The monoisotopic (exact) mass is 447 g/mol. The lowest BCUT2D eigenvalue weighted by Crippen LogP contribution is -2.49. The van der Waals surface area contributed by atoms with Crippen LogP contribution in [0.5, 0.6) is 0 Å². The molecule has 0 bridgehead atoms. The number of aromatic nitrogens is 3. The van der Waals surface area contributed by atoms with Crippen LogP contribution in [0.1, 0.15) is 51.3 Å². The Morgan fingerprint density at radius 2 is 2.10 bits per heavy atom. The fraction of sp³-hybridized carbons (Fsp3) is 0.571. The van der Waals surface area contributed by atoms with Crippen molar-refractivity contribution in [2.24, 2.45) is 0 Å². The van der Waals surface area contributed by atoms with E-state index in [-0.39, 0.29) is 30.0 Å². The lowest BCUT2D eigenvalue weighted by molar-refractivity contribution is -0.123. The number of hydrogen-bond donors (Lipinski definition) is 1. The first-order valence-electron chi connectivity index (χ1n) is 10.7. The number of carbonyl (C=O) groups is 1. The summed E-state index contributed by atoms with van der Waals surface area (Å²) >= 11 is 7.61. The van der Waals surface area contributed by atoms with Crippen molar-refractivity contribution in [1.82, 2.24) is 24.4 Å². The van der Waals surface area contributed by atoms with Gasteiger partial charge in [-0.2, -0.15) is 5.10 Å². The van der Waals surface area contributed by atoms with Crippen LogP contribution in [0.2, 0.25) is 4.34 Å². The molecule has 7 nitrogen and oxygen atoms in total. The van der Waals surface area contributed by atoms with Gasteiger partial charge in [-0.25, -0.2) is 4.68 Å². The molecule has 1 N–H and O–H groups in total. The number of rotatable bonds is 5. The van der Waals surface area contributed by atoms with Gasteiger partial charge < -0.3 is 5.32 Å². The highest BCUT2D eigenvalue weighted by Crippen LogP contribution is 2.33. The summed E-state index contributed by atoms with van der Waals surface area (Å²) in [5.41, 5.74) is 1.18. The molecule has 0 spiro atoms. The second-order valence-corrected chi connectivity index (χ2v) is 10.5. The lowest BCUT2D eigenvalue weighted by Gasteiger charge is -2.33. The highest BCUT2D eigenvalue weighted by Gasteiger charge is 2.33. The van der Waals surface area contributed by atoms with Crippen molar-refractivity contribution >= 4 is 44.6 Å². The van der Waals surface area contributed by atoms with Crippen LogP contribution >= 0.6 is 22.9 Å². The molecule has 1 amide bonds. The number of fused-ring (bicyclic) bond motifs is 3. The van der Waals surface area contributed by atoms with Crippen molar-refractivity contribution in [1.29, 1.82) is 0 Å². The summed E-state index contributed by atoms with van der Waals surface area (Å²) in [4.78, 5) is 28.3. The zero-order chi connectivity index (χ0) is 21.0. The molecule has 0 unspecified atom stereocenters. The number of nitrogens with one attached hydrogen (secondary N) is 1. The minimum absolute atomic E-state index is 0.0609. The van der Waals surface area contributed by atoms with E-state index in [9.17, 15) is 9.59 Å². The summed E-state index contributed by atoms with van der Waals surface area (Å²) in [7, 11) is 0. The molecule has 3 aromatic heterocycles. The maximum Gasteiger partial charge on any atom is 0.291 e. The fourth-order valence-electron chi connectivity index (χ4n) is 4.50. The van der Waals surface area contributed by atoms with E-state index in [0.717, 1.165) is 42.0 Å². The Balaban J connectivity index is 1.41. The molecule has 30 heavy (non-hydrogen) atoms. The molecule has 1 atom stereocenters. The van der Waals surface area contributed by atoms with Crippen LogP contribution in [-0.4, -0.2) is 50.2 Å². The molecule has 0 aromatic carbocycles. The highest BCUT2D eigenvalue weighted by atomic mass is 35.5. The third-order valence-electron chi connectivity index (χ3n) is 6.06. The largest absolute Gasteiger partial charge is 0.350 e. The van der Waals surface area contributed by atoms with Gasteiger partial charge in [0.15, 0.2) is 0 Å². The van der Waals surface area contributed by atoms with E-state index in [1.807, 2.05) is 30.4 Å². The summed E-state index contributed by atoms with van der Waals surface area (Å²) in [5.74, 6) is 0.685. The number of likely N-dealkylation sites (tertiary alicyclic amines) is 1. The van der Waals surface area contributed by atoms with Crippen LogP contribution in [0.4, 0.5) is 0 Å². The highest BCUT2D eigenvalue weighted by molar-refractivity contribution is 7.22. The van der Waals surface area contributed by atoms with Crippen molar-refractivity contribution in [2.45, 2.75) is 64.1 Å². The molecule has 4 heterocycles. The van der Waals surface area contributed by atoms with Crippen molar-refractivity contribution < 1.29 is 4.79 Å². The van der Waals surface area contributed by atoms with E-state index in [1.54, 1.807) is 0 Å². The quantitative estimate of drug-likeness (QED) is 0.651. The molecule has 1 aliphatic heterocycles. The molecule has 1 saturated heterocycles. The van der Waals surface area contributed by atoms with Gasteiger partial charge >= 0.3 is 0 Å². The van der Waals surface area contributed by atoms with E-state index in [4.69, 9.17) is 11.6 Å². The van der Waals surface area contributed by atoms with Gasteiger partial charge in [-0.3, -0.25) is 18.9 Å². The van der Waals surface area contributed by atoms with Crippen molar-refractivity contribution in [2.75, 3.05) is 13.1 Å². The van der Waals surface area contributed by atoms with Gasteiger partial charge in [-0.1, -0.05) is 25.4 Å². The standard InChI is InChI=1S/C21H26ClN5O2S/c1-12(2)20-24-26(21(29)16-8-17-15(27(16)20)9-18(22)30-17)11-19(28)23-13-4-3-7-25(10-13)14-5-6-14/h8-9,12-14H,3-7,10-11H2,1-2H3,(H,23,28)/t13-/m1/s1. The molecule has 0 radical (unpaired) electrons. The number of amides is 1. The van der Waals surface area contributed by atoms with Gasteiger partial charge in [0.2, 0.25) is 5.91 Å². The maximum absolute atomic E-state index is 13.1. The number of nitrogens with zero attached hydrogens (tertiary/aromatic N) is 4. The van der Waals surface area contributed by atoms with E-state index in [1.165, 1.54) is 28.9 Å². The first-order chi connectivity index (χ1) is 14.4. The summed E-state index contributed by atoms with van der Waals surface area (Å²) in [6, 6.07) is 4.58. The Morgan fingerprint density at radius 3 is 2.83 bits per heavy atom. The van der Waals surface area contributed by atoms with Crippen LogP contribution in [0.15, 0.2) is 16.9 Å². The number of thiophene rings is 1. The number of halogens is 1. The fourth-order valence-corrected chi connectivity index (χ4v) is 5.66. The van der Waals surface area contributed by atoms with Crippen molar-refractivity contribution in [3.8, 4) is 0 Å². The molecule has 2 aliphatic rings. The van der Waals surface area contributed by atoms with Crippen LogP contribution in [0.3, 0.4) is 0 Å². The zero-order valence-corrected chi connectivity index (χ0v) is 18.8. The Kier molecular flexibility index (Phi) is 5.11. The van der Waals surface area contributed by atoms with Crippen molar-refractivity contribution in [3.63, 3.8) is 0 Å². The zero-order valence-electron chi connectivity index (χ0n) is 17.2. The molecule has 5 rings (SSSR count). The minimum Gasteiger partial charge on any atom is -0.350 e. The topological polar surface area (TPSA) is 71.6 Å². The SMILES string of the molecule is CC(C)c1nn(CC(=O)N[C@@H]2CCCN(C3CC3)C2)c(=O)c2cc3sc(Cl)cc3n12. The third kappa shape index (κ3) is 3.65. The molecule has 160 valence electrons. The van der Waals surface area contributed by atoms with Gasteiger partial charge in [0.25, 0.3) is 5.56 Å². The van der Waals surface area contributed by atoms with E-state index in [2.05, 4.69) is 15.3 Å². The van der Waals surface area contributed by atoms with E-state index in [0.29, 0.717) is 15.9 Å². The van der Waals surface area contributed by atoms with E-state index < -0.39 is 0 Å². The lowest BCUT2D eigenvalue weighted by atomic mass is 10.1. The normalized spacial score (nSPS) is 20.5. The Bertz CT molecular complexity index is 1180. The van der Waals surface area contributed by atoms with Gasteiger partial charge in [-0.05, 0) is 44.4 Å². The molecule has 1 saturated carbocycles. The molecule has 3 aromatic rings. The Morgan fingerprint density at radius 1 is 1.30 bits per heavy atom. The van der Waals surface area contributed by atoms with Gasteiger partial charge in [-0.15, -0.1) is 11.3 Å². The number of piperidine rings is 1. The van der Waals surface area contributed by atoms with Crippen LogP contribution in [0, 0.1) is 0 Å². The molecule has 2 fully saturated rings. The predicted molar refractivity (Wildman–Crippen MR) is 120 cm³/mol. The van der Waals surface area contributed by atoms with Crippen LogP contribution in [-0.2, 0) is 11.3 Å². The Hall–Kier alpha value is -1.90. The first-order valence-corrected chi connectivity index (χ1v) is 11.8. The Labute approximate surface area is 183 Å². The maximum atomic E-state index is 13.1. The average molecular weight is 448 g/mol. The third-order valence-corrected chi connectivity index (χ3v) is 7.26. The molecular formula is C21H26ClN5O2S. The van der Waals surface area contributed by atoms with E-state index >= 15 is 0 Å². The first kappa shape index (κ1) is 20.0. The summed E-state index contributed by atoms with van der Waals surface area (Å²) in [6.07, 6.45) is 4.64. The average Bonchev–Trinajstić information content (AvgIpc) is 3.40. The van der Waals surface area contributed by atoms with Crippen molar-refractivity contribution in [3.05, 3.63) is 32.6 Å². The molecule has 1 aliphatic carbocycles. The summed E-state index contributed by atoms with van der Waals surface area (Å²) in [5, 5.41) is 7.71. The second kappa shape index (κ2) is 7.66. The van der Waals surface area contributed by atoms with Gasteiger partial charge in [0, 0.05) is 24.5 Å². The predicted octanol–water partition coefficient (Wildman–Crippen LogP) is 3.23. The number of carbonyl (C=O) groups excluding carboxylic acids is 1. The smallest absolute Gasteiger partial charge is 0.291 e. The minimum atomic E-state index is -0.252. The van der Waals surface area contributed by atoms with Gasteiger partial charge in [0.05, 0.1) is 14.6 Å². The second-order valence-electron chi connectivity index (χ2n) is 8.77. The number of hydrogen-bond acceptors (Lipinski definition) is 5. The van der Waals surface area contributed by atoms with Gasteiger partial charge in [0.1, 0.15) is 17.9 Å². The summed E-state index contributed by atoms with van der Waals surface area (Å²) in [6.45, 7) is 6.04. The van der Waals surface area contributed by atoms with Crippen LogP contribution in [0.25, 0.3) is 15.7 Å². The molecule has 9 heteroatoms. The summed E-state index contributed by atoms with van der Waals surface area (Å²) < 4.78 is 4.83. The van der Waals surface area contributed by atoms with Crippen LogP contribution < -0.4 is 10.9 Å².